The Bertz CT molecular complexity index is 287. The molecule has 0 bridgehead atoms. The molecule has 0 aliphatic carbocycles. The number of aliphatic hydroxyl groups excluding tert-OH is 1. The molecule has 0 saturated carbocycles. The van der Waals surface area contributed by atoms with Crippen LogP contribution in [0.25, 0.3) is 0 Å². The fraction of sp³-hybridized carbons (Fsp3) is 0.929. The van der Waals surface area contributed by atoms with Gasteiger partial charge in [0.15, 0.2) is 0 Å². The summed E-state index contributed by atoms with van der Waals surface area (Å²) in [5, 5.41) is 12.6. The predicted octanol–water partition coefficient (Wildman–Crippen LogP) is -0.474. The van der Waals surface area contributed by atoms with E-state index >= 15 is 0 Å². The molecule has 1 rings (SSSR count). The van der Waals surface area contributed by atoms with Crippen molar-refractivity contribution in [2.24, 2.45) is 0 Å². The first-order valence-corrected chi connectivity index (χ1v) is 7.48. The molecule has 1 aliphatic rings. The smallest absolute Gasteiger partial charge is 0.236 e. The van der Waals surface area contributed by atoms with Gasteiger partial charge in [-0.3, -0.25) is 9.69 Å². The zero-order valence-electron chi connectivity index (χ0n) is 13.0. The van der Waals surface area contributed by atoms with Crippen molar-refractivity contribution in [3.8, 4) is 0 Å². The van der Waals surface area contributed by atoms with Crippen LogP contribution in [0, 0.1) is 0 Å². The van der Waals surface area contributed by atoms with Crippen LogP contribution in [0.15, 0.2) is 0 Å². The Morgan fingerprint density at radius 2 is 2.25 bits per heavy atom. The summed E-state index contributed by atoms with van der Waals surface area (Å²) in [5.74, 6) is 0.149. The number of amides is 1. The quantitative estimate of drug-likeness (QED) is 0.591. The zero-order chi connectivity index (χ0) is 15.0. The second-order valence-electron chi connectivity index (χ2n) is 5.42. The lowest BCUT2D eigenvalue weighted by atomic mass is 10.1. The van der Waals surface area contributed by atoms with Gasteiger partial charge in [0.25, 0.3) is 0 Å². The van der Waals surface area contributed by atoms with Crippen molar-refractivity contribution in [3.05, 3.63) is 0 Å². The lowest BCUT2D eigenvalue weighted by Crippen LogP contribution is -2.57. The summed E-state index contributed by atoms with van der Waals surface area (Å²) in [4.78, 5) is 16.3. The summed E-state index contributed by atoms with van der Waals surface area (Å²) in [7, 11) is 1.65. The van der Waals surface area contributed by atoms with E-state index in [2.05, 4.69) is 17.1 Å². The highest BCUT2D eigenvalue weighted by Gasteiger charge is 2.28. The number of carbonyl (C=O) groups is 1. The minimum absolute atomic E-state index is 0.149. The van der Waals surface area contributed by atoms with E-state index in [1.54, 1.807) is 7.11 Å². The van der Waals surface area contributed by atoms with Crippen LogP contribution >= 0.6 is 0 Å². The molecular formula is C14H29N3O3. The van der Waals surface area contributed by atoms with Crippen LogP contribution in [0.5, 0.6) is 0 Å². The largest absolute Gasteiger partial charge is 0.392 e. The fourth-order valence-corrected chi connectivity index (χ4v) is 2.57. The van der Waals surface area contributed by atoms with Crippen LogP contribution in [0.4, 0.5) is 0 Å². The van der Waals surface area contributed by atoms with Crippen LogP contribution in [-0.4, -0.2) is 85.9 Å². The van der Waals surface area contributed by atoms with Crippen molar-refractivity contribution in [1.82, 2.24) is 15.1 Å². The molecule has 0 aromatic rings. The maximum Gasteiger partial charge on any atom is 0.236 e. The first kappa shape index (κ1) is 17.4. The minimum atomic E-state index is -0.318. The molecule has 6 heteroatoms. The third kappa shape index (κ3) is 5.75. The highest BCUT2D eigenvalue weighted by molar-refractivity contribution is 5.78. The van der Waals surface area contributed by atoms with Crippen LogP contribution in [0.2, 0.25) is 0 Å². The molecule has 2 atom stereocenters. The highest BCUT2D eigenvalue weighted by Crippen LogP contribution is 2.13. The maximum absolute atomic E-state index is 12.1. The van der Waals surface area contributed by atoms with Crippen LogP contribution in [0.1, 0.15) is 20.3 Å². The van der Waals surface area contributed by atoms with Crippen molar-refractivity contribution < 1.29 is 14.6 Å². The number of ether oxygens (including phenoxy) is 1. The molecule has 1 heterocycles. The molecule has 1 aliphatic heterocycles. The van der Waals surface area contributed by atoms with Gasteiger partial charge < -0.3 is 20.1 Å². The summed E-state index contributed by atoms with van der Waals surface area (Å²) < 4.78 is 4.94. The van der Waals surface area contributed by atoms with E-state index in [1.165, 1.54) is 0 Å². The van der Waals surface area contributed by atoms with Gasteiger partial charge in [-0.05, 0) is 13.3 Å². The number of methoxy groups -OCH3 is 1. The second-order valence-corrected chi connectivity index (χ2v) is 5.42. The van der Waals surface area contributed by atoms with E-state index in [0.717, 1.165) is 26.1 Å². The first-order chi connectivity index (χ1) is 9.58. The normalized spacial score (nSPS) is 22.0. The van der Waals surface area contributed by atoms with E-state index in [9.17, 15) is 9.90 Å². The molecule has 1 amide bonds. The molecule has 118 valence electrons. The molecule has 0 aromatic carbocycles. The predicted molar refractivity (Wildman–Crippen MR) is 78.7 cm³/mol. The molecule has 2 N–H and O–H groups in total. The third-order valence-electron chi connectivity index (χ3n) is 3.69. The molecule has 20 heavy (non-hydrogen) atoms. The van der Waals surface area contributed by atoms with Crippen LogP contribution in [-0.2, 0) is 9.53 Å². The summed E-state index contributed by atoms with van der Waals surface area (Å²) >= 11 is 0. The van der Waals surface area contributed by atoms with Crippen molar-refractivity contribution in [3.63, 3.8) is 0 Å². The number of piperazine rings is 1. The van der Waals surface area contributed by atoms with Gasteiger partial charge in [0.2, 0.25) is 5.91 Å². The Balaban J connectivity index is 2.37. The lowest BCUT2D eigenvalue weighted by molar-refractivity contribution is -0.133. The number of nitrogens with one attached hydrogen (secondary N) is 1. The number of hydrogen-bond donors (Lipinski definition) is 2. The van der Waals surface area contributed by atoms with Gasteiger partial charge in [-0.25, -0.2) is 0 Å². The van der Waals surface area contributed by atoms with E-state index < -0.39 is 0 Å². The first-order valence-electron chi connectivity index (χ1n) is 7.48. The molecule has 0 radical (unpaired) electrons. The average Bonchev–Trinajstić information content (AvgIpc) is 2.43. The van der Waals surface area contributed by atoms with Gasteiger partial charge in [-0.1, -0.05) is 6.92 Å². The number of aliphatic hydroxyl groups is 1. The molecule has 0 spiro atoms. The molecule has 2 unspecified atom stereocenters. The molecule has 0 aromatic heterocycles. The maximum atomic E-state index is 12.1. The van der Waals surface area contributed by atoms with Gasteiger partial charge in [0.05, 0.1) is 19.3 Å². The Kier molecular flexibility index (Phi) is 8.06. The Morgan fingerprint density at radius 1 is 1.50 bits per heavy atom. The average molecular weight is 287 g/mol. The van der Waals surface area contributed by atoms with Crippen LogP contribution < -0.4 is 5.32 Å². The summed E-state index contributed by atoms with van der Waals surface area (Å²) in [6, 6.07) is 0.348. The van der Waals surface area contributed by atoms with Gasteiger partial charge >= 0.3 is 0 Å². The number of rotatable bonds is 8. The summed E-state index contributed by atoms with van der Waals surface area (Å²) in [6.45, 7) is 8.65. The summed E-state index contributed by atoms with van der Waals surface area (Å²) in [5.41, 5.74) is 0. The third-order valence-corrected chi connectivity index (χ3v) is 3.69. The molecule has 6 nitrogen and oxygen atoms in total. The van der Waals surface area contributed by atoms with Crippen molar-refractivity contribution in [2.45, 2.75) is 32.4 Å². The number of carbonyl (C=O) groups excluding carboxylic acids is 1. The molecular weight excluding hydrogens is 258 g/mol. The van der Waals surface area contributed by atoms with Crippen molar-refractivity contribution in [1.29, 1.82) is 0 Å². The van der Waals surface area contributed by atoms with E-state index in [1.807, 2.05) is 11.8 Å². The Hall–Kier alpha value is -0.690. The Morgan fingerprint density at radius 3 is 2.85 bits per heavy atom. The number of hydrogen-bond acceptors (Lipinski definition) is 5. The van der Waals surface area contributed by atoms with E-state index in [0.29, 0.717) is 32.3 Å². The summed E-state index contributed by atoms with van der Waals surface area (Å²) in [6.07, 6.45) is 0.676. The molecule has 1 saturated heterocycles. The SMILES string of the molecule is CCC1CN(C(=O)CNCCOC)CCN1CC(C)O. The van der Waals surface area contributed by atoms with E-state index in [4.69, 9.17) is 4.74 Å². The standard InChI is InChI=1S/C14H29N3O3/c1-4-13-11-17(7-6-16(13)10-12(2)18)14(19)9-15-5-8-20-3/h12-13,15,18H,4-11H2,1-3H3. The Labute approximate surface area is 122 Å². The zero-order valence-corrected chi connectivity index (χ0v) is 13.0. The van der Waals surface area contributed by atoms with Gasteiger partial charge in [-0.15, -0.1) is 0 Å². The highest BCUT2D eigenvalue weighted by atomic mass is 16.5. The second kappa shape index (κ2) is 9.28. The van der Waals surface area contributed by atoms with Crippen molar-refractivity contribution in [2.75, 3.05) is 53.0 Å². The van der Waals surface area contributed by atoms with Gasteiger partial charge in [-0.2, -0.15) is 0 Å². The minimum Gasteiger partial charge on any atom is -0.392 e. The topological polar surface area (TPSA) is 65.0 Å². The number of nitrogens with zero attached hydrogens (tertiary/aromatic N) is 2. The van der Waals surface area contributed by atoms with Crippen molar-refractivity contribution >= 4 is 5.91 Å². The van der Waals surface area contributed by atoms with Crippen LogP contribution in [0.3, 0.4) is 0 Å². The monoisotopic (exact) mass is 287 g/mol. The lowest BCUT2D eigenvalue weighted by Gasteiger charge is -2.41. The van der Waals surface area contributed by atoms with E-state index in [-0.39, 0.29) is 12.0 Å². The fourth-order valence-electron chi connectivity index (χ4n) is 2.57. The number of β-amino-alcohol motifs (C(OH)–C–C–N with tert-alkyl or cyclic N) is 1. The molecule has 1 fully saturated rings. The van der Waals surface area contributed by atoms with Gasteiger partial charge in [0, 0.05) is 45.9 Å². The van der Waals surface area contributed by atoms with Gasteiger partial charge in [0.1, 0.15) is 0 Å².